The molecule has 0 aromatic heterocycles. The van der Waals surface area contributed by atoms with E-state index in [0.717, 1.165) is 18.4 Å². The summed E-state index contributed by atoms with van der Waals surface area (Å²) in [5, 5.41) is 9.08. The van der Waals surface area contributed by atoms with Crippen molar-refractivity contribution < 1.29 is 14.6 Å². The summed E-state index contributed by atoms with van der Waals surface area (Å²) in [5.41, 5.74) is 1.06. The van der Waals surface area contributed by atoms with Gasteiger partial charge in [-0.1, -0.05) is 19.4 Å². The van der Waals surface area contributed by atoms with Crippen LogP contribution in [-0.4, -0.2) is 17.2 Å². The molecule has 18 heavy (non-hydrogen) atoms. The van der Waals surface area contributed by atoms with E-state index in [1.54, 1.807) is 12.1 Å². The highest BCUT2D eigenvalue weighted by atomic mass is 16.5. The van der Waals surface area contributed by atoms with Crippen LogP contribution in [0.25, 0.3) is 0 Å². The fourth-order valence-electron chi connectivity index (χ4n) is 2.64. The smallest absolute Gasteiger partial charge is 0.336 e. The van der Waals surface area contributed by atoms with Gasteiger partial charge in [-0.25, -0.2) is 4.79 Å². The summed E-state index contributed by atoms with van der Waals surface area (Å²) in [6.45, 7) is 4.06. The van der Waals surface area contributed by atoms with Gasteiger partial charge in [-0.2, -0.15) is 0 Å². The minimum absolute atomic E-state index is 0.233. The van der Waals surface area contributed by atoms with Crippen molar-refractivity contribution in [2.45, 2.75) is 45.6 Å². The van der Waals surface area contributed by atoms with E-state index in [1.807, 2.05) is 13.0 Å². The van der Waals surface area contributed by atoms with E-state index in [2.05, 4.69) is 6.92 Å². The lowest BCUT2D eigenvalue weighted by Crippen LogP contribution is -2.24. The second kappa shape index (κ2) is 5.42. The van der Waals surface area contributed by atoms with Gasteiger partial charge in [0, 0.05) is 5.56 Å². The van der Waals surface area contributed by atoms with E-state index in [0.29, 0.717) is 17.2 Å². The molecule has 0 saturated heterocycles. The van der Waals surface area contributed by atoms with Crippen molar-refractivity contribution in [1.29, 1.82) is 0 Å². The maximum Gasteiger partial charge on any atom is 0.336 e. The monoisotopic (exact) mass is 248 g/mol. The molecule has 2 unspecified atom stereocenters. The molecular weight excluding hydrogens is 228 g/mol. The average Bonchev–Trinajstić information content (AvgIpc) is 2.31. The van der Waals surface area contributed by atoms with Crippen molar-refractivity contribution in [2.75, 3.05) is 0 Å². The van der Waals surface area contributed by atoms with Crippen molar-refractivity contribution >= 4 is 5.97 Å². The molecule has 3 nitrogen and oxygen atoms in total. The van der Waals surface area contributed by atoms with Gasteiger partial charge in [0.1, 0.15) is 5.75 Å². The van der Waals surface area contributed by atoms with Crippen LogP contribution in [0.4, 0.5) is 0 Å². The summed E-state index contributed by atoms with van der Waals surface area (Å²) >= 11 is 0. The standard InChI is InChI=1S/C15H20O3/c1-10-5-3-6-12(9-10)18-14-8-4-7-13(11(14)2)15(16)17/h4,7-8,10,12H,3,5-6,9H2,1-2H3,(H,16,17). The summed E-state index contributed by atoms with van der Waals surface area (Å²) in [4.78, 5) is 11.1. The first kappa shape index (κ1) is 12.9. The summed E-state index contributed by atoms with van der Waals surface area (Å²) in [6, 6.07) is 5.23. The zero-order valence-electron chi connectivity index (χ0n) is 11.0. The maximum absolute atomic E-state index is 11.1. The number of carbonyl (C=O) groups is 1. The molecule has 1 aromatic rings. The Bertz CT molecular complexity index is 439. The first-order chi connectivity index (χ1) is 8.58. The highest BCUT2D eigenvalue weighted by Crippen LogP contribution is 2.29. The summed E-state index contributed by atoms with van der Waals surface area (Å²) in [5.74, 6) is 0.524. The summed E-state index contributed by atoms with van der Waals surface area (Å²) in [7, 11) is 0. The van der Waals surface area contributed by atoms with Crippen molar-refractivity contribution in [2.24, 2.45) is 5.92 Å². The third-order valence-corrected chi connectivity index (χ3v) is 3.70. The molecule has 1 aromatic carbocycles. The normalized spacial score (nSPS) is 23.7. The van der Waals surface area contributed by atoms with Crippen LogP contribution in [0, 0.1) is 12.8 Å². The van der Waals surface area contributed by atoms with E-state index in [-0.39, 0.29) is 6.10 Å². The summed E-state index contributed by atoms with van der Waals surface area (Å²) in [6.07, 6.45) is 4.84. The van der Waals surface area contributed by atoms with Crippen LogP contribution in [0.5, 0.6) is 5.75 Å². The van der Waals surface area contributed by atoms with E-state index in [1.165, 1.54) is 12.8 Å². The van der Waals surface area contributed by atoms with Gasteiger partial charge in [0.2, 0.25) is 0 Å². The molecule has 0 heterocycles. The van der Waals surface area contributed by atoms with Crippen molar-refractivity contribution in [3.63, 3.8) is 0 Å². The Hall–Kier alpha value is -1.51. The van der Waals surface area contributed by atoms with Crippen LogP contribution in [0.1, 0.15) is 48.5 Å². The number of rotatable bonds is 3. The maximum atomic E-state index is 11.1. The molecule has 3 heteroatoms. The van der Waals surface area contributed by atoms with E-state index in [9.17, 15) is 4.79 Å². The number of carboxylic acid groups (broad SMARTS) is 1. The molecule has 0 bridgehead atoms. The van der Waals surface area contributed by atoms with Crippen molar-refractivity contribution in [3.05, 3.63) is 29.3 Å². The largest absolute Gasteiger partial charge is 0.490 e. The predicted molar refractivity (Wildman–Crippen MR) is 70.2 cm³/mol. The lowest BCUT2D eigenvalue weighted by atomic mass is 9.88. The number of carboxylic acids is 1. The van der Waals surface area contributed by atoms with Crippen LogP contribution in [0.2, 0.25) is 0 Å². The van der Waals surface area contributed by atoms with Crippen LogP contribution < -0.4 is 4.74 Å². The fraction of sp³-hybridized carbons (Fsp3) is 0.533. The van der Waals surface area contributed by atoms with Gasteiger partial charge in [-0.15, -0.1) is 0 Å². The molecule has 0 radical (unpaired) electrons. The number of hydrogen-bond donors (Lipinski definition) is 1. The van der Waals surface area contributed by atoms with Gasteiger partial charge in [-0.05, 0) is 44.2 Å². The first-order valence-corrected chi connectivity index (χ1v) is 6.57. The minimum Gasteiger partial charge on any atom is -0.490 e. The molecule has 0 spiro atoms. The molecule has 0 aliphatic heterocycles. The summed E-state index contributed by atoms with van der Waals surface area (Å²) < 4.78 is 5.98. The molecule has 2 atom stereocenters. The van der Waals surface area contributed by atoms with Gasteiger partial charge < -0.3 is 9.84 Å². The second-order valence-corrected chi connectivity index (χ2v) is 5.25. The van der Waals surface area contributed by atoms with Crippen molar-refractivity contribution in [3.8, 4) is 5.75 Å². The first-order valence-electron chi connectivity index (χ1n) is 6.57. The van der Waals surface area contributed by atoms with Gasteiger partial charge in [0.15, 0.2) is 0 Å². The quantitative estimate of drug-likeness (QED) is 0.888. The Kier molecular flexibility index (Phi) is 3.90. The number of ether oxygens (including phenoxy) is 1. The third-order valence-electron chi connectivity index (χ3n) is 3.70. The molecule has 1 fully saturated rings. The zero-order valence-corrected chi connectivity index (χ0v) is 11.0. The molecule has 1 saturated carbocycles. The fourth-order valence-corrected chi connectivity index (χ4v) is 2.64. The third kappa shape index (κ3) is 2.84. The van der Waals surface area contributed by atoms with E-state index < -0.39 is 5.97 Å². The Labute approximate surface area is 108 Å². The van der Waals surface area contributed by atoms with Gasteiger partial charge in [-0.3, -0.25) is 0 Å². The topological polar surface area (TPSA) is 46.5 Å². The highest BCUT2D eigenvalue weighted by Gasteiger charge is 2.21. The zero-order chi connectivity index (χ0) is 13.1. The minimum atomic E-state index is -0.894. The number of aromatic carboxylic acids is 1. The Morgan fingerprint density at radius 2 is 2.17 bits per heavy atom. The predicted octanol–water partition coefficient (Wildman–Crippen LogP) is 3.65. The van der Waals surface area contributed by atoms with Gasteiger partial charge in [0.05, 0.1) is 11.7 Å². The van der Waals surface area contributed by atoms with Crippen LogP contribution in [0.15, 0.2) is 18.2 Å². The highest BCUT2D eigenvalue weighted by molar-refractivity contribution is 5.90. The Balaban J connectivity index is 2.14. The molecule has 2 rings (SSSR count). The Morgan fingerprint density at radius 3 is 2.83 bits per heavy atom. The van der Waals surface area contributed by atoms with Gasteiger partial charge >= 0.3 is 5.97 Å². The lowest BCUT2D eigenvalue weighted by Gasteiger charge is -2.28. The number of benzene rings is 1. The van der Waals surface area contributed by atoms with Crippen LogP contribution >= 0.6 is 0 Å². The van der Waals surface area contributed by atoms with Gasteiger partial charge in [0.25, 0.3) is 0 Å². The number of hydrogen-bond acceptors (Lipinski definition) is 2. The molecule has 1 N–H and O–H groups in total. The van der Waals surface area contributed by atoms with Crippen LogP contribution in [-0.2, 0) is 0 Å². The Morgan fingerprint density at radius 1 is 1.39 bits per heavy atom. The molecule has 0 amide bonds. The molecular formula is C15H20O3. The van der Waals surface area contributed by atoms with Crippen LogP contribution in [0.3, 0.4) is 0 Å². The second-order valence-electron chi connectivity index (χ2n) is 5.25. The van der Waals surface area contributed by atoms with E-state index >= 15 is 0 Å². The SMILES string of the molecule is Cc1c(OC2CCCC(C)C2)cccc1C(=O)O. The lowest BCUT2D eigenvalue weighted by molar-refractivity contribution is 0.0694. The molecule has 1 aliphatic carbocycles. The van der Waals surface area contributed by atoms with E-state index in [4.69, 9.17) is 9.84 Å². The molecule has 1 aliphatic rings. The van der Waals surface area contributed by atoms with Crippen molar-refractivity contribution in [1.82, 2.24) is 0 Å². The average molecular weight is 248 g/mol. The molecule has 98 valence electrons.